The van der Waals surface area contributed by atoms with Gasteiger partial charge >= 0.3 is 5.97 Å². The van der Waals surface area contributed by atoms with Gasteiger partial charge in [0.1, 0.15) is 11.4 Å². The molecule has 0 spiro atoms. The molecule has 0 radical (unpaired) electrons. The minimum atomic E-state index is -1.39. The molecule has 1 aromatic heterocycles. The summed E-state index contributed by atoms with van der Waals surface area (Å²) in [5.41, 5.74) is -1.14. The second-order valence-corrected chi connectivity index (χ2v) is 3.59. The number of rotatable bonds is 3. The van der Waals surface area contributed by atoms with Gasteiger partial charge in [-0.1, -0.05) is 12.1 Å². The molecule has 0 fully saturated rings. The van der Waals surface area contributed by atoms with Crippen LogP contribution >= 0.6 is 0 Å². The van der Waals surface area contributed by atoms with E-state index in [0.717, 1.165) is 6.20 Å². The van der Waals surface area contributed by atoms with Crippen molar-refractivity contribution in [1.29, 1.82) is 0 Å². The van der Waals surface area contributed by atoms with Crippen molar-refractivity contribution in [2.75, 3.05) is 0 Å². The molecule has 19 heavy (non-hydrogen) atoms. The molecular formula is C11H7N3O5. The van der Waals surface area contributed by atoms with Gasteiger partial charge in [0, 0.05) is 23.9 Å². The molecule has 2 N–H and O–H groups in total. The van der Waals surface area contributed by atoms with Crippen LogP contribution in [0, 0.1) is 10.1 Å². The quantitative estimate of drug-likeness (QED) is 0.627. The Balaban J connectivity index is 2.51. The van der Waals surface area contributed by atoms with Gasteiger partial charge in [0.25, 0.3) is 11.2 Å². The number of aromatic carboxylic acids is 1. The Kier molecular flexibility index (Phi) is 3.06. The number of non-ortho nitro benzene ring substituents is 1. The molecule has 8 nitrogen and oxygen atoms in total. The van der Waals surface area contributed by atoms with Crippen LogP contribution in [0.5, 0.6) is 0 Å². The number of nitrogens with zero attached hydrogens (tertiary/aromatic N) is 2. The Hall–Kier alpha value is -3.03. The average molecular weight is 261 g/mol. The van der Waals surface area contributed by atoms with E-state index < -0.39 is 22.0 Å². The van der Waals surface area contributed by atoms with Crippen LogP contribution in [0.4, 0.5) is 5.69 Å². The number of benzene rings is 1. The fourth-order valence-electron chi connectivity index (χ4n) is 1.46. The molecule has 96 valence electrons. The number of nitro benzene ring substituents is 1. The van der Waals surface area contributed by atoms with Crippen LogP contribution in [0.1, 0.15) is 10.4 Å². The van der Waals surface area contributed by atoms with Crippen LogP contribution in [0.2, 0.25) is 0 Å². The first-order chi connectivity index (χ1) is 8.99. The number of H-pyrrole nitrogens is 1. The molecule has 2 rings (SSSR count). The molecule has 0 atom stereocenters. The number of hydrogen-bond donors (Lipinski definition) is 2. The lowest BCUT2D eigenvalue weighted by Crippen LogP contribution is -2.18. The van der Waals surface area contributed by atoms with E-state index in [9.17, 15) is 19.7 Å². The van der Waals surface area contributed by atoms with Crippen LogP contribution in [0.25, 0.3) is 11.4 Å². The van der Waals surface area contributed by atoms with Gasteiger partial charge < -0.3 is 10.1 Å². The Labute approximate surface area is 105 Å². The molecule has 0 bridgehead atoms. The summed E-state index contributed by atoms with van der Waals surface area (Å²) in [6.07, 6.45) is 0.912. The van der Waals surface area contributed by atoms with Gasteiger partial charge in [-0.25, -0.2) is 9.78 Å². The first-order valence-electron chi connectivity index (χ1n) is 5.06. The van der Waals surface area contributed by atoms with Crippen molar-refractivity contribution in [1.82, 2.24) is 9.97 Å². The van der Waals surface area contributed by atoms with Crippen molar-refractivity contribution in [3.8, 4) is 11.4 Å². The third-order valence-corrected chi connectivity index (χ3v) is 2.36. The molecule has 2 aromatic rings. The number of carboxylic acids is 1. The van der Waals surface area contributed by atoms with E-state index in [0.29, 0.717) is 5.56 Å². The van der Waals surface area contributed by atoms with Crippen molar-refractivity contribution < 1.29 is 14.8 Å². The summed E-state index contributed by atoms with van der Waals surface area (Å²) >= 11 is 0. The summed E-state index contributed by atoms with van der Waals surface area (Å²) in [4.78, 5) is 38.2. The fraction of sp³-hybridized carbons (Fsp3) is 0. The number of nitro groups is 1. The van der Waals surface area contributed by atoms with Gasteiger partial charge in [0.2, 0.25) is 0 Å². The first-order valence-corrected chi connectivity index (χ1v) is 5.06. The fourth-order valence-corrected chi connectivity index (χ4v) is 1.46. The van der Waals surface area contributed by atoms with Crippen LogP contribution in [0.15, 0.2) is 35.3 Å². The predicted molar refractivity (Wildman–Crippen MR) is 63.9 cm³/mol. The van der Waals surface area contributed by atoms with Gasteiger partial charge in [0.05, 0.1) is 4.92 Å². The second kappa shape index (κ2) is 4.69. The highest BCUT2D eigenvalue weighted by Crippen LogP contribution is 2.19. The van der Waals surface area contributed by atoms with Crippen LogP contribution in [-0.4, -0.2) is 26.0 Å². The molecule has 0 unspecified atom stereocenters. The van der Waals surface area contributed by atoms with Crippen molar-refractivity contribution in [2.45, 2.75) is 0 Å². The van der Waals surface area contributed by atoms with Crippen molar-refractivity contribution in [2.24, 2.45) is 0 Å². The highest BCUT2D eigenvalue weighted by atomic mass is 16.6. The third kappa shape index (κ3) is 2.46. The molecule has 0 aliphatic heterocycles. The predicted octanol–water partition coefficient (Wildman–Crippen LogP) is 1.04. The van der Waals surface area contributed by atoms with E-state index in [1.54, 1.807) is 0 Å². The van der Waals surface area contributed by atoms with Gasteiger partial charge in [-0.05, 0) is 0 Å². The van der Waals surface area contributed by atoms with Crippen LogP contribution in [0.3, 0.4) is 0 Å². The van der Waals surface area contributed by atoms with Gasteiger partial charge in [-0.3, -0.25) is 14.9 Å². The molecule has 8 heteroatoms. The molecular weight excluding hydrogens is 254 g/mol. The van der Waals surface area contributed by atoms with E-state index in [-0.39, 0.29) is 11.5 Å². The van der Waals surface area contributed by atoms with E-state index in [1.165, 1.54) is 24.3 Å². The Morgan fingerprint density at radius 2 is 2.16 bits per heavy atom. The summed E-state index contributed by atoms with van der Waals surface area (Å²) in [6.45, 7) is 0. The number of carboxylic acid groups (broad SMARTS) is 1. The number of carbonyl (C=O) groups is 1. The molecule has 0 aliphatic carbocycles. The lowest BCUT2D eigenvalue weighted by atomic mass is 10.2. The average Bonchev–Trinajstić information content (AvgIpc) is 2.38. The monoisotopic (exact) mass is 261 g/mol. The van der Waals surface area contributed by atoms with Crippen molar-refractivity contribution in [3.05, 3.63) is 56.5 Å². The van der Waals surface area contributed by atoms with E-state index >= 15 is 0 Å². The number of nitrogens with one attached hydrogen (secondary N) is 1. The van der Waals surface area contributed by atoms with Gasteiger partial charge in [-0.15, -0.1) is 0 Å². The number of aromatic nitrogens is 2. The van der Waals surface area contributed by atoms with Crippen LogP contribution < -0.4 is 5.56 Å². The first kappa shape index (κ1) is 12.4. The zero-order valence-electron chi connectivity index (χ0n) is 9.36. The SMILES string of the molecule is O=C(O)c1cnc(-c2cccc([N+](=O)[O-])c2)[nH]c1=O. The molecule has 0 aliphatic rings. The van der Waals surface area contributed by atoms with Gasteiger partial charge in [-0.2, -0.15) is 0 Å². The maximum absolute atomic E-state index is 11.5. The standard InChI is InChI=1S/C11H7N3O5/c15-10-8(11(16)17)5-12-9(13-10)6-2-1-3-7(4-6)14(18)19/h1-5H,(H,16,17)(H,12,13,15). The zero-order chi connectivity index (χ0) is 14.0. The summed E-state index contributed by atoms with van der Waals surface area (Å²) in [6, 6.07) is 5.50. The van der Waals surface area contributed by atoms with E-state index in [2.05, 4.69) is 9.97 Å². The zero-order valence-corrected chi connectivity index (χ0v) is 9.36. The molecule has 1 aromatic carbocycles. The molecule has 0 amide bonds. The van der Waals surface area contributed by atoms with E-state index in [4.69, 9.17) is 5.11 Å². The maximum atomic E-state index is 11.5. The Morgan fingerprint density at radius 3 is 2.74 bits per heavy atom. The normalized spacial score (nSPS) is 10.1. The van der Waals surface area contributed by atoms with Crippen molar-refractivity contribution in [3.63, 3.8) is 0 Å². The summed E-state index contributed by atoms with van der Waals surface area (Å²) in [5, 5.41) is 19.3. The van der Waals surface area contributed by atoms with Crippen molar-refractivity contribution >= 4 is 11.7 Å². The summed E-state index contributed by atoms with van der Waals surface area (Å²) in [7, 11) is 0. The number of aromatic amines is 1. The maximum Gasteiger partial charge on any atom is 0.342 e. The van der Waals surface area contributed by atoms with E-state index in [1.807, 2.05) is 0 Å². The van der Waals surface area contributed by atoms with Crippen LogP contribution in [-0.2, 0) is 0 Å². The minimum Gasteiger partial charge on any atom is -0.477 e. The Bertz CT molecular complexity index is 722. The lowest BCUT2D eigenvalue weighted by Gasteiger charge is -2.01. The van der Waals surface area contributed by atoms with Gasteiger partial charge in [0.15, 0.2) is 0 Å². The summed E-state index contributed by atoms with van der Waals surface area (Å²) < 4.78 is 0. The Morgan fingerprint density at radius 1 is 1.42 bits per heavy atom. The highest BCUT2D eigenvalue weighted by Gasteiger charge is 2.12. The molecule has 0 saturated heterocycles. The molecule has 1 heterocycles. The minimum absolute atomic E-state index is 0.0682. The molecule has 0 saturated carbocycles. The number of hydrogen-bond acceptors (Lipinski definition) is 5. The lowest BCUT2D eigenvalue weighted by molar-refractivity contribution is -0.384. The summed E-state index contributed by atoms with van der Waals surface area (Å²) in [5.74, 6) is -1.32. The highest BCUT2D eigenvalue weighted by molar-refractivity contribution is 5.86. The third-order valence-electron chi connectivity index (χ3n) is 2.36. The second-order valence-electron chi connectivity index (χ2n) is 3.59. The largest absolute Gasteiger partial charge is 0.477 e. The smallest absolute Gasteiger partial charge is 0.342 e. The topological polar surface area (TPSA) is 126 Å².